The number of carbonyl (C=O) groups excluding carboxylic acids is 1. The highest BCUT2D eigenvalue weighted by atomic mass is 16.5. The summed E-state index contributed by atoms with van der Waals surface area (Å²) in [5.41, 5.74) is -0.292. The van der Waals surface area contributed by atoms with E-state index in [9.17, 15) is 14.7 Å². The van der Waals surface area contributed by atoms with E-state index < -0.39 is 17.2 Å². The second kappa shape index (κ2) is 7.53. The van der Waals surface area contributed by atoms with Gasteiger partial charge >= 0.3 is 0 Å². The third kappa shape index (κ3) is 3.79. The summed E-state index contributed by atoms with van der Waals surface area (Å²) in [6.07, 6.45) is -0.0146. The molecule has 1 aliphatic heterocycles. The molecule has 3 rings (SSSR count). The Morgan fingerprint density at radius 2 is 2.19 bits per heavy atom. The molecule has 1 aromatic heterocycles. The van der Waals surface area contributed by atoms with Crippen LogP contribution < -0.4 is 15.6 Å². The average Bonchev–Trinajstić information content (AvgIpc) is 2.63. The molecular formula is C19H21N3O5. The maximum atomic E-state index is 12.5. The number of aromatic hydroxyl groups is 1. The molecule has 2 N–H and O–H groups in total. The Morgan fingerprint density at radius 3 is 2.93 bits per heavy atom. The summed E-state index contributed by atoms with van der Waals surface area (Å²) < 4.78 is 12.2. The number of hydrogen-bond donors (Lipinski definition) is 2. The van der Waals surface area contributed by atoms with Crippen LogP contribution in [0.2, 0.25) is 0 Å². The van der Waals surface area contributed by atoms with E-state index in [1.807, 2.05) is 38.1 Å². The predicted octanol–water partition coefficient (Wildman–Crippen LogP) is 1.67. The summed E-state index contributed by atoms with van der Waals surface area (Å²) >= 11 is 0. The Morgan fingerprint density at radius 1 is 1.44 bits per heavy atom. The van der Waals surface area contributed by atoms with Crippen LogP contribution in [0.1, 0.15) is 35.7 Å². The van der Waals surface area contributed by atoms with Crippen LogP contribution in [0, 0.1) is 0 Å². The van der Waals surface area contributed by atoms with Gasteiger partial charge in [0.1, 0.15) is 12.4 Å². The SMILES string of the molecule is C=C1OCCn2c1nc(C(=O)NCc1ccccc1OC(C)C)c(O)c2=O. The molecule has 2 heterocycles. The summed E-state index contributed by atoms with van der Waals surface area (Å²) in [5, 5.41) is 12.8. The van der Waals surface area contributed by atoms with E-state index in [2.05, 4.69) is 16.9 Å². The fourth-order valence-electron chi connectivity index (χ4n) is 2.73. The van der Waals surface area contributed by atoms with Crippen molar-refractivity contribution in [1.82, 2.24) is 14.9 Å². The Labute approximate surface area is 156 Å². The number of amides is 1. The number of carbonyl (C=O) groups is 1. The first kappa shape index (κ1) is 18.5. The van der Waals surface area contributed by atoms with Crippen molar-refractivity contribution in [1.29, 1.82) is 0 Å². The van der Waals surface area contributed by atoms with Gasteiger partial charge in [0.2, 0.25) is 5.75 Å². The van der Waals surface area contributed by atoms with Crippen LogP contribution in [0.15, 0.2) is 35.6 Å². The molecule has 8 nitrogen and oxygen atoms in total. The molecule has 1 aromatic carbocycles. The summed E-state index contributed by atoms with van der Waals surface area (Å²) in [4.78, 5) is 28.9. The number of hydrogen-bond acceptors (Lipinski definition) is 6. The van der Waals surface area contributed by atoms with Crippen LogP contribution in [-0.4, -0.2) is 33.3 Å². The molecule has 8 heteroatoms. The summed E-state index contributed by atoms with van der Waals surface area (Å²) in [6, 6.07) is 7.30. The van der Waals surface area contributed by atoms with Gasteiger partial charge in [0, 0.05) is 12.1 Å². The molecule has 0 fully saturated rings. The third-order valence-electron chi connectivity index (χ3n) is 3.98. The molecule has 0 aliphatic carbocycles. The molecule has 1 aliphatic rings. The lowest BCUT2D eigenvalue weighted by Crippen LogP contribution is -2.34. The van der Waals surface area contributed by atoms with E-state index in [0.717, 1.165) is 5.56 Å². The van der Waals surface area contributed by atoms with Crippen molar-refractivity contribution in [2.45, 2.75) is 33.0 Å². The van der Waals surface area contributed by atoms with Crippen molar-refractivity contribution in [2.75, 3.05) is 6.61 Å². The second-order valence-electron chi connectivity index (χ2n) is 6.32. The Balaban J connectivity index is 1.84. The molecule has 0 unspecified atom stereocenters. The molecule has 0 radical (unpaired) electrons. The smallest absolute Gasteiger partial charge is 0.297 e. The van der Waals surface area contributed by atoms with E-state index in [0.29, 0.717) is 5.75 Å². The van der Waals surface area contributed by atoms with Crippen LogP contribution in [0.25, 0.3) is 5.76 Å². The zero-order valence-corrected chi connectivity index (χ0v) is 15.2. The van der Waals surface area contributed by atoms with E-state index in [1.165, 1.54) is 4.57 Å². The predicted molar refractivity (Wildman–Crippen MR) is 98.5 cm³/mol. The van der Waals surface area contributed by atoms with Gasteiger partial charge in [-0.05, 0) is 19.9 Å². The van der Waals surface area contributed by atoms with Crippen LogP contribution in [0.4, 0.5) is 0 Å². The lowest BCUT2D eigenvalue weighted by atomic mass is 10.2. The van der Waals surface area contributed by atoms with Gasteiger partial charge in [0.05, 0.1) is 12.6 Å². The molecule has 0 spiro atoms. The van der Waals surface area contributed by atoms with E-state index >= 15 is 0 Å². The average molecular weight is 371 g/mol. The zero-order valence-electron chi connectivity index (χ0n) is 15.2. The fourth-order valence-corrected chi connectivity index (χ4v) is 2.73. The van der Waals surface area contributed by atoms with Crippen molar-refractivity contribution in [3.8, 4) is 11.5 Å². The number of aromatic nitrogens is 2. The number of benzene rings is 1. The lowest BCUT2D eigenvalue weighted by molar-refractivity contribution is 0.0941. The first-order valence-electron chi connectivity index (χ1n) is 8.57. The molecule has 0 atom stereocenters. The Kier molecular flexibility index (Phi) is 5.16. The van der Waals surface area contributed by atoms with Crippen molar-refractivity contribution in [3.05, 3.63) is 58.3 Å². The number of nitrogens with zero attached hydrogens (tertiary/aromatic N) is 2. The fraction of sp³-hybridized carbons (Fsp3) is 0.316. The van der Waals surface area contributed by atoms with Gasteiger partial charge in [-0.15, -0.1) is 0 Å². The van der Waals surface area contributed by atoms with Crippen LogP contribution >= 0.6 is 0 Å². The van der Waals surface area contributed by atoms with Crippen LogP contribution in [0.5, 0.6) is 11.5 Å². The van der Waals surface area contributed by atoms with Gasteiger partial charge in [-0.25, -0.2) is 4.98 Å². The molecule has 27 heavy (non-hydrogen) atoms. The van der Waals surface area contributed by atoms with Gasteiger partial charge in [-0.2, -0.15) is 0 Å². The third-order valence-corrected chi connectivity index (χ3v) is 3.98. The highest BCUT2D eigenvalue weighted by Gasteiger charge is 2.25. The first-order chi connectivity index (χ1) is 12.9. The van der Waals surface area contributed by atoms with E-state index in [4.69, 9.17) is 9.47 Å². The van der Waals surface area contributed by atoms with Gasteiger partial charge in [0.25, 0.3) is 11.5 Å². The lowest BCUT2D eigenvalue weighted by Gasteiger charge is -2.21. The minimum absolute atomic E-state index is 0.0146. The van der Waals surface area contributed by atoms with Gasteiger partial charge < -0.3 is 19.9 Å². The van der Waals surface area contributed by atoms with Gasteiger partial charge in [-0.1, -0.05) is 24.8 Å². The summed E-state index contributed by atoms with van der Waals surface area (Å²) in [6.45, 7) is 8.14. The highest BCUT2D eigenvalue weighted by molar-refractivity contribution is 5.94. The van der Waals surface area contributed by atoms with Crippen molar-refractivity contribution < 1.29 is 19.4 Å². The van der Waals surface area contributed by atoms with Gasteiger partial charge in [-0.3, -0.25) is 14.2 Å². The normalized spacial score (nSPS) is 13.1. The standard InChI is InChI=1S/C19H21N3O5/c1-11(2)27-14-7-5-4-6-13(14)10-20-18(24)15-16(23)19(25)22-8-9-26-12(3)17(22)21-15/h4-7,11,23H,3,8-10H2,1-2H3,(H,20,24). The molecule has 1 amide bonds. The highest BCUT2D eigenvalue weighted by Crippen LogP contribution is 2.21. The molecule has 142 valence electrons. The monoisotopic (exact) mass is 371 g/mol. The first-order valence-corrected chi connectivity index (χ1v) is 8.57. The zero-order chi connectivity index (χ0) is 19.6. The van der Waals surface area contributed by atoms with Crippen molar-refractivity contribution >= 4 is 11.7 Å². The number of nitrogens with one attached hydrogen (secondary N) is 1. The van der Waals surface area contributed by atoms with Crippen molar-refractivity contribution in [2.24, 2.45) is 0 Å². The maximum absolute atomic E-state index is 12.5. The molecule has 0 bridgehead atoms. The number of ether oxygens (including phenoxy) is 2. The second-order valence-corrected chi connectivity index (χ2v) is 6.32. The van der Waals surface area contributed by atoms with E-state index in [1.54, 1.807) is 0 Å². The summed E-state index contributed by atoms with van der Waals surface area (Å²) in [7, 11) is 0. The largest absolute Gasteiger partial charge is 0.501 e. The summed E-state index contributed by atoms with van der Waals surface area (Å²) in [5.74, 6) is -0.401. The minimum Gasteiger partial charge on any atom is -0.501 e. The molecule has 2 aromatic rings. The molecular weight excluding hydrogens is 350 g/mol. The number of rotatable bonds is 5. The molecule has 0 saturated heterocycles. The van der Waals surface area contributed by atoms with E-state index in [-0.39, 0.29) is 43.1 Å². The van der Waals surface area contributed by atoms with Crippen LogP contribution in [-0.2, 0) is 17.8 Å². The van der Waals surface area contributed by atoms with Crippen molar-refractivity contribution in [3.63, 3.8) is 0 Å². The quantitative estimate of drug-likeness (QED) is 0.829. The number of para-hydroxylation sites is 1. The maximum Gasteiger partial charge on any atom is 0.297 e. The van der Waals surface area contributed by atoms with Gasteiger partial charge in [0.15, 0.2) is 17.3 Å². The Bertz CT molecular complexity index is 949. The topological polar surface area (TPSA) is 103 Å². The molecule has 0 saturated carbocycles. The number of fused-ring (bicyclic) bond motifs is 1. The Hall–Kier alpha value is -3.29. The minimum atomic E-state index is -0.697. The van der Waals surface area contributed by atoms with Crippen LogP contribution in [0.3, 0.4) is 0 Å².